The van der Waals surface area contributed by atoms with Gasteiger partial charge in [0, 0.05) is 0 Å². The van der Waals surface area contributed by atoms with Gasteiger partial charge in [0.25, 0.3) is 0 Å². The second-order valence-electron chi connectivity index (χ2n) is 3.75. The Morgan fingerprint density at radius 3 is 2.44 bits per heavy atom. The van der Waals surface area contributed by atoms with Crippen LogP contribution in [-0.2, 0) is 15.5 Å². The zero-order valence-corrected chi connectivity index (χ0v) is 11.0. The molecular weight excluding hydrogens is 243 g/mol. The predicted molar refractivity (Wildman–Crippen MR) is 75.1 cm³/mol. The second-order valence-corrected chi connectivity index (χ2v) is 5.58. The van der Waals surface area contributed by atoms with E-state index in [0.717, 1.165) is 5.56 Å². The first kappa shape index (κ1) is 14.3. The molecule has 0 radical (unpaired) electrons. The van der Waals surface area contributed by atoms with Crippen molar-refractivity contribution >= 4 is 7.37 Å². The highest BCUT2D eigenvalue weighted by Gasteiger charge is 2.22. The highest BCUT2D eigenvalue weighted by atomic mass is 31.2. The summed E-state index contributed by atoms with van der Waals surface area (Å²) in [6.45, 7) is 3.65. The normalized spacial score (nSPS) is 12.1. The van der Waals surface area contributed by atoms with E-state index in [0.29, 0.717) is 12.8 Å². The van der Waals surface area contributed by atoms with Crippen LogP contribution < -0.4 is 0 Å². The van der Waals surface area contributed by atoms with Gasteiger partial charge in [-0.15, -0.1) is 19.4 Å². The summed E-state index contributed by atoms with van der Waals surface area (Å²) in [6.07, 6.45) is 12.8. The highest BCUT2D eigenvalue weighted by Crippen LogP contribution is 2.46. The van der Waals surface area contributed by atoms with Gasteiger partial charge >= 0.3 is 7.37 Å². The minimum atomic E-state index is -3.40. The van der Waals surface area contributed by atoms with Crippen LogP contribution in [0.3, 0.4) is 0 Å². The maximum Gasteiger partial charge on any atom is 0.345 e. The topological polar surface area (TPSA) is 26.3 Å². The quantitative estimate of drug-likeness (QED) is 0.442. The predicted octanol–water partition coefficient (Wildman–Crippen LogP) is 3.65. The Morgan fingerprint density at radius 1 is 1.33 bits per heavy atom. The minimum absolute atomic E-state index is 0.317. The molecule has 0 aliphatic rings. The molecular formula is C15H15O2P. The van der Waals surface area contributed by atoms with Gasteiger partial charge in [0.15, 0.2) is 0 Å². The minimum Gasteiger partial charge on any atom is -0.307 e. The van der Waals surface area contributed by atoms with E-state index >= 15 is 0 Å². The smallest absolute Gasteiger partial charge is 0.307 e. The van der Waals surface area contributed by atoms with E-state index in [9.17, 15) is 4.57 Å². The van der Waals surface area contributed by atoms with E-state index < -0.39 is 7.37 Å². The molecule has 1 rings (SSSR count). The molecule has 0 aliphatic heterocycles. The zero-order valence-electron chi connectivity index (χ0n) is 10.1. The van der Waals surface area contributed by atoms with Crippen LogP contribution in [0, 0.1) is 24.2 Å². The maximum absolute atomic E-state index is 11.9. The summed E-state index contributed by atoms with van der Waals surface area (Å²) in [6, 6.07) is 9.73. The SMILES string of the molecule is C#CP(=O)(C#C)OC(CC=C)Cc1ccccc1. The zero-order chi connectivity index (χ0) is 13.4. The van der Waals surface area contributed by atoms with E-state index in [2.05, 4.69) is 17.9 Å². The van der Waals surface area contributed by atoms with Crippen LogP contribution in [0.5, 0.6) is 0 Å². The fourth-order valence-electron chi connectivity index (χ4n) is 1.53. The standard InChI is InChI=1S/C15H15O2P/c1-4-10-15(17-18(16,5-2)6-3)13-14-11-8-7-9-12-14/h2-4,7-9,11-12,15H,1,10,13H2. The fraction of sp³-hybridized carbons (Fsp3) is 0.200. The van der Waals surface area contributed by atoms with E-state index in [4.69, 9.17) is 17.4 Å². The first-order valence-electron chi connectivity index (χ1n) is 5.52. The van der Waals surface area contributed by atoms with Crippen molar-refractivity contribution in [2.24, 2.45) is 0 Å². The van der Waals surface area contributed by atoms with Gasteiger partial charge in [-0.3, -0.25) is 4.57 Å². The first-order chi connectivity index (χ1) is 8.63. The Balaban J connectivity index is 2.79. The first-order valence-corrected chi connectivity index (χ1v) is 7.15. The van der Waals surface area contributed by atoms with Crippen LogP contribution in [0.1, 0.15) is 12.0 Å². The van der Waals surface area contributed by atoms with E-state index in [1.54, 1.807) is 6.08 Å². The molecule has 0 spiro atoms. The lowest BCUT2D eigenvalue weighted by Gasteiger charge is -2.17. The molecule has 0 bridgehead atoms. The van der Waals surface area contributed by atoms with Gasteiger partial charge in [0.1, 0.15) is 0 Å². The Bertz CT molecular complexity index is 502. The molecule has 0 saturated heterocycles. The molecule has 1 aromatic rings. The number of hydrogen-bond acceptors (Lipinski definition) is 2. The lowest BCUT2D eigenvalue weighted by molar-refractivity contribution is 0.217. The van der Waals surface area contributed by atoms with Gasteiger partial charge in [0.05, 0.1) is 6.10 Å². The molecule has 0 saturated carbocycles. The van der Waals surface area contributed by atoms with Crippen molar-refractivity contribution in [3.8, 4) is 24.2 Å². The summed E-state index contributed by atoms with van der Waals surface area (Å²) in [5.74, 6) is 0. The van der Waals surface area contributed by atoms with Crippen molar-refractivity contribution in [2.45, 2.75) is 18.9 Å². The van der Waals surface area contributed by atoms with Gasteiger partial charge in [-0.1, -0.05) is 36.4 Å². The molecule has 1 atom stereocenters. The van der Waals surface area contributed by atoms with Crippen LogP contribution >= 0.6 is 7.37 Å². The Kier molecular flexibility index (Phi) is 5.47. The molecule has 0 N–H and O–H groups in total. The molecule has 18 heavy (non-hydrogen) atoms. The molecule has 0 amide bonds. The lowest BCUT2D eigenvalue weighted by Crippen LogP contribution is -2.13. The van der Waals surface area contributed by atoms with Gasteiger partial charge in [-0.2, -0.15) is 0 Å². The lowest BCUT2D eigenvalue weighted by atomic mass is 10.1. The van der Waals surface area contributed by atoms with Gasteiger partial charge < -0.3 is 4.52 Å². The molecule has 2 nitrogen and oxygen atoms in total. The summed E-state index contributed by atoms with van der Waals surface area (Å²) in [7, 11) is -3.40. The largest absolute Gasteiger partial charge is 0.345 e. The molecule has 0 aromatic heterocycles. The second kappa shape index (κ2) is 6.87. The number of hydrogen-bond donors (Lipinski definition) is 0. The van der Waals surface area contributed by atoms with Crippen LogP contribution in [0.4, 0.5) is 0 Å². The average molecular weight is 258 g/mol. The van der Waals surface area contributed by atoms with Crippen molar-refractivity contribution in [2.75, 3.05) is 0 Å². The Hall–Kier alpha value is -1.73. The summed E-state index contributed by atoms with van der Waals surface area (Å²) in [5, 5.41) is 0. The molecule has 0 heterocycles. The van der Waals surface area contributed by atoms with Crippen LogP contribution in [0.15, 0.2) is 43.0 Å². The van der Waals surface area contributed by atoms with Crippen molar-refractivity contribution in [3.05, 3.63) is 48.6 Å². The van der Waals surface area contributed by atoms with E-state index in [1.165, 1.54) is 0 Å². The van der Waals surface area contributed by atoms with E-state index in [1.807, 2.05) is 30.3 Å². The number of benzene rings is 1. The Morgan fingerprint density at radius 2 is 1.94 bits per heavy atom. The summed E-state index contributed by atoms with van der Waals surface area (Å²) in [5.41, 5.74) is 5.21. The van der Waals surface area contributed by atoms with Crippen LogP contribution in [0.2, 0.25) is 0 Å². The number of terminal acetylenes is 2. The van der Waals surface area contributed by atoms with Crippen molar-refractivity contribution < 1.29 is 9.09 Å². The monoisotopic (exact) mass is 258 g/mol. The molecule has 92 valence electrons. The molecule has 0 fully saturated rings. The third kappa shape index (κ3) is 4.27. The van der Waals surface area contributed by atoms with Crippen molar-refractivity contribution in [3.63, 3.8) is 0 Å². The summed E-state index contributed by atoms with van der Waals surface area (Å²) in [4.78, 5) is 0. The maximum atomic E-state index is 11.9. The molecule has 1 unspecified atom stereocenters. The van der Waals surface area contributed by atoms with E-state index in [-0.39, 0.29) is 6.10 Å². The van der Waals surface area contributed by atoms with Gasteiger partial charge in [-0.05, 0) is 29.7 Å². The van der Waals surface area contributed by atoms with Crippen LogP contribution in [-0.4, -0.2) is 6.10 Å². The Labute approximate surface area is 109 Å². The third-order valence-electron chi connectivity index (χ3n) is 2.37. The van der Waals surface area contributed by atoms with Gasteiger partial charge in [-0.25, -0.2) is 0 Å². The average Bonchev–Trinajstić information content (AvgIpc) is 2.40. The highest BCUT2D eigenvalue weighted by molar-refractivity contribution is 7.69. The van der Waals surface area contributed by atoms with Crippen molar-refractivity contribution in [1.29, 1.82) is 0 Å². The van der Waals surface area contributed by atoms with Crippen LogP contribution in [0.25, 0.3) is 0 Å². The molecule has 0 aliphatic carbocycles. The number of rotatable bonds is 6. The summed E-state index contributed by atoms with van der Waals surface area (Å²) < 4.78 is 17.3. The van der Waals surface area contributed by atoms with Gasteiger partial charge in [0.2, 0.25) is 0 Å². The third-order valence-corrected chi connectivity index (χ3v) is 3.65. The fourth-order valence-corrected chi connectivity index (χ4v) is 2.31. The molecule has 3 heteroatoms. The molecule has 1 aromatic carbocycles. The van der Waals surface area contributed by atoms with Crippen molar-refractivity contribution in [1.82, 2.24) is 0 Å². The summed E-state index contributed by atoms with van der Waals surface area (Å²) >= 11 is 0.